The third-order valence-corrected chi connectivity index (χ3v) is 3.54. The molecular formula is C15H23N3O3. The van der Waals surface area contributed by atoms with Crippen molar-refractivity contribution in [3.63, 3.8) is 0 Å². The van der Waals surface area contributed by atoms with Crippen molar-refractivity contribution in [3.05, 3.63) is 34.7 Å². The van der Waals surface area contributed by atoms with Crippen LogP contribution in [-0.2, 0) is 11.3 Å². The van der Waals surface area contributed by atoms with Gasteiger partial charge in [0, 0.05) is 45.0 Å². The minimum Gasteiger partial charge on any atom is -0.389 e. The van der Waals surface area contributed by atoms with E-state index in [0.717, 1.165) is 13.1 Å². The Labute approximate surface area is 124 Å². The van der Waals surface area contributed by atoms with Crippen LogP contribution in [0.1, 0.15) is 13.8 Å². The van der Waals surface area contributed by atoms with Gasteiger partial charge in [-0.25, -0.2) is 0 Å². The van der Waals surface area contributed by atoms with E-state index in [1.807, 2.05) is 0 Å². The Balaban J connectivity index is 1.86. The first-order valence-corrected chi connectivity index (χ1v) is 7.23. The second-order valence-corrected chi connectivity index (χ2v) is 6.14. The molecule has 1 aliphatic rings. The lowest BCUT2D eigenvalue weighted by molar-refractivity contribution is -0.134. The van der Waals surface area contributed by atoms with E-state index in [0.29, 0.717) is 19.6 Å². The summed E-state index contributed by atoms with van der Waals surface area (Å²) in [5, 5.41) is 9.81. The molecule has 2 rings (SSSR count). The zero-order valence-electron chi connectivity index (χ0n) is 12.7. The highest BCUT2D eigenvalue weighted by Crippen LogP contribution is 2.09. The number of piperazine rings is 1. The molecule has 0 atom stereocenters. The molecule has 1 aromatic rings. The smallest absolute Gasteiger partial charge is 0.250 e. The predicted molar refractivity (Wildman–Crippen MR) is 80.0 cm³/mol. The van der Waals surface area contributed by atoms with Crippen LogP contribution in [0.4, 0.5) is 0 Å². The molecule has 2 heterocycles. The van der Waals surface area contributed by atoms with E-state index in [-0.39, 0.29) is 18.0 Å². The molecule has 1 fully saturated rings. The van der Waals surface area contributed by atoms with E-state index in [1.54, 1.807) is 37.1 Å². The van der Waals surface area contributed by atoms with E-state index < -0.39 is 5.60 Å². The van der Waals surface area contributed by atoms with Crippen molar-refractivity contribution in [2.24, 2.45) is 0 Å². The highest BCUT2D eigenvalue weighted by atomic mass is 16.3. The Kier molecular flexibility index (Phi) is 4.80. The molecule has 0 spiro atoms. The lowest BCUT2D eigenvalue weighted by Gasteiger charge is -2.37. The van der Waals surface area contributed by atoms with E-state index in [9.17, 15) is 14.7 Å². The fourth-order valence-corrected chi connectivity index (χ4v) is 2.54. The summed E-state index contributed by atoms with van der Waals surface area (Å²) in [5.41, 5.74) is -0.879. The van der Waals surface area contributed by atoms with E-state index >= 15 is 0 Å². The third-order valence-electron chi connectivity index (χ3n) is 3.54. The van der Waals surface area contributed by atoms with Crippen LogP contribution in [0.5, 0.6) is 0 Å². The van der Waals surface area contributed by atoms with E-state index in [4.69, 9.17) is 0 Å². The van der Waals surface area contributed by atoms with Crippen LogP contribution < -0.4 is 5.56 Å². The Hall–Kier alpha value is -1.66. The van der Waals surface area contributed by atoms with Gasteiger partial charge in [0.25, 0.3) is 5.56 Å². The van der Waals surface area contributed by atoms with Crippen molar-refractivity contribution in [2.75, 3.05) is 32.7 Å². The number of carbonyl (C=O) groups excluding carboxylic acids is 1. The highest BCUT2D eigenvalue weighted by molar-refractivity contribution is 5.76. The van der Waals surface area contributed by atoms with Gasteiger partial charge in [-0.05, 0) is 19.9 Å². The minimum atomic E-state index is -0.719. The lowest BCUT2D eigenvalue weighted by atomic mass is 10.1. The van der Waals surface area contributed by atoms with E-state index in [2.05, 4.69) is 4.90 Å². The maximum absolute atomic E-state index is 12.2. The van der Waals surface area contributed by atoms with Gasteiger partial charge in [-0.1, -0.05) is 6.07 Å². The fourth-order valence-electron chi connectivity index (χ4n) is 2.54. The maximum atomic E-state index is 12.2. The van der Waals surface area contributed by atoms with Crippen molar-refractivity contribution in [2.45, 2.75) is 26.0 Å². The average molecular weight is 293 g/mol. The molecule has 1 saturated heterocycles. The molecule has 1 N–H and O–H groups in total. The van der Waals surface area contributed by atoms with Gasteiger partial charge in [0.1, 0.15) is 6.54 Å². The molecule has 1 aliphatic heterocycles. The van der Waals surface area contributed by atoms with Crippen LogP contribution in [0.3, 0.4) is 0 Å². The van der Waals surface area contributed by atoms with Gasteiger partial charge < -0.3 is 14.6 Å². The van der Waals surface area contributed by atoms with Crippen LogP contribution in [0.2, 0.25) is 0 Å². The quantitative estimate of drug-likeness (QED) is 0.832. The molecule has 0 unspecified atom stereocenters. The van der Waals surface area contributed by atoms with Gasteiger partial charge in [-0.15, -0.1) is 0 Å². The van der Waals surface area contributed by atoms with Gasteiger partial charge in [-0.3, -0.25) is 14.5 Å². The second-order valence-electron chi connectivity index (χ2n) is 6.14. The van der Waals surface area contributed by atoms with Crippen molar-refractivity contribution in [1.82, 2.24) is 14.4 Å². The summed E-state index contributed by atoms with van der Waals surface area (Å²) in [6.45, 7) is 7.03. The molecule has 1 amide bonds. The second kappa shape index (κ2) is 6.41. The number of hydrogen-bond donors (Lipinski definition) is 1. The monoisotopic (exact) mass is 293 g/mol. The number of aliphatic hydroxyl groups is 1. The van der Waals surface area contributed by atoms with Crippen LogP contribution in [0.25, 0.3) is 0 Å². The van der Waals surface area contributed by atoms with Gasteiger partial charge in [0.05, 0.1) is 5.60 Å². The molecule has 0 bridgehead atoms. The molecule has 116 valence electrons. The molecule has 1 aromatic heterocycles. The topological polar surface area (TPSA) is 65.8 Å². The summed E-state index contributed by atoms with van der Waals surface area (Å²) >= 11 is 0. The number of hydrogen-bond acceptors (Lipinski definition) is 4. The molecular weight excluding hydrogens is 270 g/mol. The summed E-state index contributed by atoms with van der Waals surface area (Å²) < 4.78 is 1.42. The van der Waals surface area contributed by atoms with Gasteiger partial charge in [-0.2, -0.15) is 0 Å². The van der Waals surface area contributed by atoms with Crippen LogP contribution in [0.15, 0.2) is 29.2 Å². The Morgan fingerprint density at radius 1 is 1.24 bits per heavy atom. The summed E-state index contributed by atoms with van der Waals surface area (Å²) in [6, 6.07) is 4.86. The molecule has 6 nitrogen and oxygen atoms in total. The number of nitrogens with zero attached hydrogens (tertiary/aromatic N) is 3. The minimum absolute atomic E-state index is 0.0359. The Morgan fingerprint density at radius 2 is 1.90 bits per heavy atom. The molecule has 0 aromatic carbocycles. The van der Waals surface area contributed by atoms with Crippen LogP contribution >= 0.6 is 0 Å². The van der Waals surface area contributed by atoms with E-state index in [1.165, 1.54) is 10.6 Å². The molecule has 6 heteroatoms. The van der Waals surface area contributed by atoms with Crippen molar-refractivity contribution >= 4 is 5.91 Å². The Morgan fingerprint density at radius 3 is 2.48 bits per heavy atom. The molecule has 0 radical (unpaired) electrons. The zero-order chi connectivity index (χ0) is 15.5. The standard InChI is InChI=1S/C15H23N3O3/c1-15(2,21)12-16-7-9-17(10-8-16)14(20)11-18-6-4-3-5-13(18)19/h3-6,21H,7-12H2,1-2H3. The number of aromatic nitrogens is 1. The number of β-amino-alcohol motifs (C(OH)–C–C–N with tert-alkyl or cyclic N) is 1. The molecule has 0 aliphatic carbocycles. The zero-order valence-corrected chi connectivity index (χ0v) is 12.7. The first-order valence-electron chi connectivity index (χ1n) is 7.23. The number of amides is 1. The number of carbonyl (C=O) groups is 1. The summed E-state index contributed by atoms with van der Waals surface area (Å²) in [5.74, 6) is -0.0359. The first-order chi connectivity index (χ1) is 9.85. The summed E-state index contributed by atoms with van der Waals surface area (Å²) in [7, 11) is 0. The highest BCUT2D eigenvalue weighted by Gasteiger charge is 2.24. The maximum Gasteiger partial charge on any atom is 0.250 e. The van der Waals surface area contributed by atoms with Gasteiger partial charge in [0.15, 0.2) is 0 Å². The molecule has 0 saturated carbocycles. The summed E-state index contributed by atoms with van der Waals surface area (Å²) in [4.78, 5) is 27.7. The van der Waals surface area contributed by atoms with Gasteiger partial charge >= 0.3 is 0 Å². The largest absolute Gasteiger partial charge is 0.389 e. The third kappa shape index (κ3) is 4.68. The normalized spacial score (nSPS) is 17.0. The summed E-state index contributed by atoms with van der Waals surface area (Å²) in [6.07, 6.45) is 1.63. The predicted octanol–water partition coefficient (Wildman–Crippen LogP) is -0.237. The first kappa shape index (κ1) is 15.7. The Bertz CT molecular complexity index is 540. The SMILES string of the molecule is CC(C)(O)CN1CCN(C(=O)Cn2ccccc2=O)CC1. The van der Waals surface area contributed by atoms with Crippen LogP contribution in [0, 0.1) is 0 Å². The molecule has 21 heavy (non-hydrogen) atoms. The van der Waals surface area contributed by atoms with Crippen LogP contribution in [-0.4, -0.2) is 63.7 Å². The fraction of sp³-hybridized carbons (Fsp3) is 0.600. The number of rotatable bonds is 4. The lowest BCUT2D eigenvalue weighted by Crippen LogP contribution is -2.52. The van der Waals surface area contributed by atoms with Gasteiger partial charge in [0.2, 0.25) is 5.91 Å². The van der Waals surface area contributed by atoms with Crippen molar-refractivity contribution in [3.8, 4) is 0 Å². The average Bonchev–Trinajstić information content (AvgIpc) is 2.40. The number of pyridine rings is 1. The van der Waals surface area contributed by atoms with Crippen molar-refractivity contribution in [1.29, 1.82) is 0 Å². The van der Waals surface area contributed by atoms with Crippen molar-refractivity contribution < 1.29 is 9.90 Å².